The maximum absolute atomic E-state index is 10.5. The van der Waals surface area contributed by atoms with Crippen LogP contribution in [0.1, 0.15) is 0 Å². The molecule has 10 N–H and O–H groups in total. The van der Waals surface area contributed by atoms with E-state index in [4.69, 9.17) is 0 Å². The molecule has 0 saturated heterocycles. The van der Waals surface area contributed by atoms with Gasteiger partial charge in [-0.05, 0) is 106 Å². The van der Waals surface area contributed by atoms with Crippen LogP contribution in [-0.4, -0.2) is 51.1 Å². The number of aromatic hydroxyl groups is 10. The van der Waals surface area contributed by atoms with Crippen LogP contribution in [0.5, 0.6) is 57.5 Å². The van der Waals surface area contributed by atoms with Crippen LogP contribution in [0, 0.1) is 0 Å². The van der Waals surface area contributed by atoms with Gasteiger partial charge in [-0.3, -0.25) is 0 Å². The number of phenolic OH excluding ortho intramolecular Hbond substituents is 10. The van der Waals surface area contributed by atoms with Gasteiger partial charge in [0.25, 0.3) is 0 Å². The van der Waals surface area contributed by atoms with Crippen LogP contribution in [0.3, 0.4) is 0 Å². The number of anilines is 6. The Morgan fingerprint density at radius 1 is 0.182 bits per heavy atom. The van der Waals surface area contributed by atoms with Crippen molar-refractivity contribution in [3.63, 3.8) is 0 Å². The molecule has 0 aromatic heterocycles. The highest BCUT2D eigenvalue weighted by molar-refractivity contribution is 5.89. The first-order valence-electron chi connectivity index (χ1n) is 20.5. The molecule has 0 bridgehead atoms. The highest BCUT2D eigenvalue weighted by Gasteiger charge is 2.26. The van der Waals surface area contributed by atoms with E-state index >= 15 is 0 Å². The predicted molar refractivity (Wildman–Crippen MR) is 254 cm³/mol. The second-order valence-corrected chi connectivity index (χ2v) is 15.3. The Kier molecular flexibility index (Phi) is 10.8. The molecule has 0 aliphatic rings. The SMILES string of the molecule is Oc1c(O)c(O)c(-c2ccc(N(c3ccccc3)c3ccc(-c4ccc(-c5ccc(N(c6ccccc6)c6ccc(-c7c(O)c(O)c(O)c(O)c7O)cc6)cc5)cc4)cc3)cc2)c(O)c1O. The molecule has 12 heteroatoms. The first kappa shape index (κ1) is 41.9. The van der Waals surface area contributed by atoms with E-state index in [0.29, 0.717) is 11.1 Å². The molecule has 0 amide bonds. The van der Waals surface area contributed by atoms with Gasteiger partial charge in [0.2, 0.25) is 34.5 Å². The molecule has 0 saturated carbocycles. The van der Waals surface area contributed by atoms with Crippen molar-refractivity contribution in [2.75, 3.05) is 9.80 Å². The average molecular weight is 877 g/mol. The lowest BCUT2D eigenvalue weighted by Crippen LogP contribution is -2.09. The normalized spacial score (nSPS) is 11.0. The molecule has 0 radical (unpaired) electrons. The third-order valence-corrected chi connectivity index (χ3v) is 11.4. The van der Waals surface area contributed by atoms with E-state index in [1.807, 2.05) is 119 Å². The smallest absolute Gasteiger partial charge is 0.208 e. The third-order valence-electron chi connectivity index (χ3n) is 11.4. The van der Waals surface area contributed by atoms with Gasteiger partial charge in [0.05, 0.1) is 11.1 Å². The third kappa shape index (κ3) is 7.50. The maximum Gasteiger partial charge on any atom is 0.208 e. The van der Waals surface area contributed by atoms with Gasteiger partial charge in [-0.2, -0.15) is 0 Å². The van der Waals surface area contributed by atoms with Crippen molar-refractivity contribution in [3.05, 3.63) is 182 Å². The van der Waals surface area contributed by atoms with Crippen LogP contribution in [0.2, 0.25) is 0 Å². The number of hydrogen-bond donors (Lipinski definition) is 10. The van der Waals surface area contributed by atoms with Crippen LogP contribution in [0.15, 0.2) is 182 Å². The molecule has 0 aliphatic heterocycles. The van der Waals surface area contributed by atoms with Crippen molar-refractivity contribution in [2.24, 2.45) is 0 Å². The van der Waals surface area contributed by atoms with Crippen LogP contribution in [0.25, 0.3) is 44.5 Å². The van der Waals surface area contributed by atoms with Crippen LogP contribution >= 0.6 is 0 Å². The summed E-state index contributed by atoms with van der Waals surface area (Å²) >= 11 is 0. The van der Waals surface area contributed by atoms with Crippen molar-refractivity contribution in [2.45, 2.75) is 0 Å². The summed E-state index contributed by atoms with van der Waals surface area (Å²) in [5, 5.41) is 102. The molecule has 326 valence electrons. The van der Waals surface area contributed by atoms with Crippen LogP contribution in [-0.2, 0) is 0 Å². The number of nitrogens with zero attached hydrogens (tertiary/aromatic N) is 2. The Bertz CT molecular complexity index is 2920. The van der Waals surface area contributed by atoms with Crippen LogP contribution in [0.4, 0.5) is 34.1 Å². The minimum atomic E-state index is -1.02. The first-order chi connectivity index (χ1) is 31.9. The minimum absolute atomic E-state index is 0.228. The standard InChI is InChI=1S/C54H40N2O10/c57-45-43(46(58)50(62)53(65)49(45)61)35-19-27-41(28-20-35)55(37-7-3-1-4-8-37)39-23-15-33(16-24-39)31-11-13-32(14-12-31)34-17-25-40(26-18-34)56(38-9-5-2-6-10-38)42-29-21-36(22-30-42)44-47(59)51(63)54(66)52(64)48(44)60/h1-30,57-66H. The van der Waals surface area contributed by atoms with Crippen molar-refractivity contribution in [3.8, 4) is 102 Å². The van der Waals surface area contributed by atoms with Gasteiger partial charge in [0, 0.05) is 34.1 Å². The maximum atomic E-state index is 10.5. The second kappa shape index (κ2) is 17.0. The summed E-state index contributed by atoms with van der Waals surface area (Å²) in [7, 11) is 0. The van der Waals surface area contributed by atoms with Crippen molar-refractivity contribution in [1.82, 2.24) is 0 Å². The quantitative estimate of drug-likeness (QED) is 0.0460. The van der Waals surface area contributed by atoms with E-state index in [-0.39, 0.29) is 11.1 Å². The van der Waals surface area contributed by atoms with Gasteiger partial charge in [0.15, 0.2) is 23.0 Å². The van der Waals surface area contributed by atoms with Gasteiger partial charge in [0.1, 0.15) is 0 Å². The molecule has 9 rings (SSSR count). The number of para-hydroxylation sites is 2. The zero-order valence-electron chi connectivity index (χ0n) is 34.7. The summed E-state index contributed by atoms with van der Waals surface area (Å²) in [4.78, 5) is 4.07. The zero-order chi connectivity index (χ0) is 46.2. The zero-order valence-corrected chi connectivity index (χ0v) is 34.7. The lowest BCUT2D eigenvalue weighted by molar-refractivity contribution is 0.330. The first-order valence-corrected chi connectivity index (χ1v) is 20.5. The lowest BCUT2D eigenvalue weighted by Gasteiger charge is -2.26. The van der Waals surface area contributed by atoms with Crippen molar-refractivity contribution >= 4 is 34.1 Å². The summed E-state index contributed by atoms with van der Waals surface area (Å²) < 4.78 is 0. The minimum Gasteiger partial charge on any atom is -0.504 e. The molecule has 0 aliphatic carbocycles. The molecule has 0 heterocycles. The molecule has 0 spiro atoms. The number of benzene rings is 9. The fourth-order valence-corrected chi connectivity index (χ4v) is 7.98. The molecular formula is C54H40N2O10. The summed E-state index contributed by atoms with van der Waals surface area (Å²) in [6.07, 6.45) is 0. The Morgan fingerprint density at radius 3 is 0.606 bits per heavy atom. The molecule has 0 unspecified atom stereocenters. The van der Waals surface area contributed by atoms with E-state index in [9.17, 15) is 51.1 Å². The molecular weight excluding hydrogens is 837 g/mol. The largest absolute Gasteiger partial charge is 0.504 e. The Hall–Kier alpha value is -9.42. The molecule has 0 atom stereocenters. The highest BCUT2D eigenvalue weighted by Crippen LogP contribution is 2.56. The van der Waals surface area contributed by atoms with Gasteiger partial charge < -0.3 is 60.9 Å². The van der Waals surface area contributed by atoms with Gasteiger partial charge in [-0.25, -0.2) is 0 Å². The highest BCUT2D eigenvalue weighted by atomic mass is 16.4. The number of hydrogen-bond acceptors (Lipinski definition) is 12. The summed E-state index contributed by atoms with van der Waals surface area (Å²) in [5.74, 6) is -8.88. The molecule has 66 heavy (non-hydrogen) atoms. The molecule has 12 nitrogen and oxygen atoms in total. The number of phenols is 10. The topological polar surface area (TPSA) is 209 Å². The van der Waals surface area contributed by atoms with E-state index in [1.54, 1.807) is 48.5 Å². The molecule has 0 fully saturated rings. The molecule has 9 aromatic carbocycles. The number of rotatable bonds is 10. The van der Waals surface area contributed by atoms with Gasteiger partial charge in [-0.15, -0.1) is 0 Å². The van der Waals surface area contributed by atoms with Crippen molar-refractivity contribution in [1.29, 1.82) is 0 Å². The Morgan fingerprint density at radius 2 is 0.364 bits per heavy atom. The Balaban J connectivity index is 0.956. The second-order valence-electron chi connectivity index (χ2n) is 15.3. The summed E-state index contributed by atoms with van der Waals surface area (Å²) in [6, 6.07) is 57.5. The van der Waals surface area contributed by atoms with E-state index in [1.165, 1.54) is 0 Å². The van der Waals surface area contributed by atoms with Gasteiger partial charge in [-0.1, -0.05) is 109 Å². The fourth-order valence-electron chi connectivity index (χ4n) is 7.98. The van der Waals surface area contributed by atoms with Crippen LogP contribution < -0.4 is 9.80 Å². The Labute approximate surface area is 377 Å². The lowest BCUT2D eigenvalue weighted by atomic mass is 9.99. The predicted octanol–water partition coefficient (Wildman–Crippen LogP) is 12.4. The summed E-state index contributed by atoms with van der Waals surface area (Å²) in [6.45, 7) is 0. The average Bonchev–Trinajstić information content (AvgIpc) is 3.36. The van der Waals surface area contributed by atoms with E-state index < -0.39 is 57.5 Å². The fraction of sp³-hybridized carbons (Fsp3) is 0. The monoisotopic (exact) mass is 876 g/mol. The summed E-state index contributed by atoms with van der Waals surface area (Å²) in [5.41, 5.74) is 9.12. The van der Waals surface area contributed by atoms with E-state index in [0.717, 1.165) is 56.4 Å². The molecule has 9 aromatic rings. The van der Waals surface area contributed by atoms with Crippen molar-refractivity contribution < 1.29 is 51.1 Å². The van der Waals surface area contributed by atoms with Gasteiger partial charge >= 0.3 is 0 Å². The van der Waals surface area contributed by atoms with E-state index in [2.05, 4.69) is 24.3 Å².